The van der Waals surface area contributed by atoms with E-state index in [1.165, 1.54) is 12.5 Å². The summed E-state index contributed by atoms with van der Waals surface area (Å²) in [6.07, 6.45) is 2.93. The minimum Gasteiger partial charge on any atom is -0.458 e. The zero-order valence-corrected chi connectivity index (χ0v) is 5.78. The minimum atomic E-state index is 0.590. The molecule has 0 aromatic heterocycles. The van der Waals surface area contributed by atoms with Crippen molar-refractivity contribution in [1.82, 2.24) is 0 Å². The number of hydrogen-bond donors (Lipinski definition) is 1. The van der Waals surface area contributed by atoms with E-state index < -0.39 is 0 Å². The van der Waals surface area contributed by atoms with Crippen LogP contribution in [0.1, 0.15) is 0 Å². The normalized spacial score (nSPS) is 13.1. The zero-order valence-electron chi connectivity index (χ0n) is 5.78. The van der Waals surface area contributed by atoms with Gasteiger partial charge in [0, 0.05) is 0 Å². The van der Waals surface area contributed by atoms with Gasteiger partial charge in [0.25, 0.3) is 0 Å². The molecule has 2 rings (SSSR count). The van der Waals surface area contributed by atoms with Gasteiger partial charge in [0.1, 0.15) is 12.5 Å². The topological polar surface area (TPSA) is 44.5 Å². The fraction of sp³-hybridized carbons (Fsp3) is 0. The second-order valence-corrected chi connectivity index (χ2v) is 2.18. The summed E-state index contributed by atoms with van der Waals surface area (Å²) in [5.41, 5.74) is 6.19. The van der Waals surface area contributed by atoms with Crippen molar-refractivity contribution >= 4 is 5.69 Å². The van der Waals surface area contributed by atoms with E-state index in [1.54, 1.807) is 12.1 Å². The Bertz CT molecular complexity index is 307. The Hall–Kier alpha value is -1.64. The Morgan fingerprint density at radius 2 is 1.91 bits per heavy atom. The summed E-state index contributed by atoms with van der Waals surface area (Å²) in [6, 6.07) is 5.38. The van der Waals surface area contributed by atoms with Crippen LogP contribution in [0.5, 0.6) is 11.5 Å². The number of rotatable bonds is 0. The number of para-hydroxylation sites is 1. The molecule has 1 heterocycles. The summed E-state index contributed by atoms with van der Waals surface area (Å²) in [6.45, 7) is 0. The lowest BCUT2D eigenvalue weighted by molar-refractivity contribution is 0.363. The van der Waals surface area contributed by atoms with E-state index in [0.29, 0.717) is 17.2 Å². The van der Waals surface area contributed by atoms with E-state index in [-0.39, 0.29) is 0 Å². The molecule has 1 aromatic rings. The predicted octanol–water partition coefficient (Wildman–Crippen LogP) is 1.51. The van der Waals surface area contributed by atoms with E-state index in [4.69, 9.17) is 15.2 Å². The maximum absolute atomic E-state index is 5.60. The van der Waals surface area contributed by atoms with Gasteiger partial charge in [0.05, 0.1) is 5.69 Å². The molecule has 0 saturated carbocycles. The van der Waals surface area contributed by atoms with E-state index in [9.17, 15) is 0 Å². The molecule has 2 N–H and O–H groups in total. The van der Waals surface area contributed by atoms with Gasteiger partial charge in [-0.2, -0.15) is 0 Å². The average Bonchev–Trinajstić information content (AvgIpc) is 2.06. The largest absolute Gasteiger partial charge is 0.458 e. The first-order valence-electron chi connectivity index (χ1n) is 3.25. The van der Waals surface area contributed by atoms with Crippen molar-refractivity contribution in [2.24, 2.45) is 0 Å². The third-order valence-corrected chi connectivity index (χ3v) is 1.45. The molecular weight excluding hydrogens is 142 g/mol. The lowest BCUT2D eigenvalue weighted by Crippen LogP contribution is -1.99. The summed E-state index contributed by atoms with van der Waals surface area (Å²) in [5, 5.41) is 0. The lowest BCUT2D eigenvalue weighted by atomic mass is 10.3. The maximum atomic E-state index is 5.60. The molecule has 0 bridgehead atoms. The molecule has 0 aliphatic carbocycles. The number of hydrogen-bond acceptors (Lipinski definition) is 3. The smallest absolute Gasteiger partial charge is 0.191 e. The lowest BCUT2D eigenvalue weighted by Gasteiger charge is -2.12. The van der Waals surface area contributed by atoms with Crippen LogP contribution in [0.3, 0.4) is 0 Å². The van der Waals surface area contributed by atoms with Crippen molar-refractivity contribution in [3.05, 3.63) is 30.7 Å². The highest BCUT2D eigenvalue weighted by molar-refractivity contribution is 5.61. The van der Waals surface area contributed by atoms with Crippen molar-refractivity contribution in [3.8, 4) is 11.5 Å². The molecule has 1 aromatic carbocycles. The van der Waals surface area contributed by atoms with Crippen LogP contribution in [0.15, 0.2) is 30.7 Å². The Labute approximate surface area is 64.0 Å². The molecule has 0 unspecified atom stereocenters. The molecule has 0 atom stereocenters. The van der Waals surface area contributed by atoms with Gasteiger partial charge >= 0.3 is 0 Å². The van der Waals surface area contributed by atoms with Crippen LogP contribution in [0, 0.1) is 0 Å². The number of nitrogen functional groups attached to an aromatic ring is 1. The molecular formula is C8H7NO2. The maximum Gasteiger partial charge on any atom is 0.191 e. The van der Waals surface area contributed by atoms with Gasteiger partial charge in [-0.3, -0.25) is 0 Å². The summed E-state index contributed by atoms with van der Waals surface area (Å²) in [5.74, 6) is 1.25. The number of fused-ring (bicyclic) bond motifs is 1. The molecule has 0 fully saturated rings. The van der Waals surface area contributed by atoms with Crippen LogP contribution >= 0.6 is 0 Å². The number of ether oxygens (including phenoxy) is 2. The van der Waals surface area contributed by atoms with Crippen LogP contribution in [-0.4, -0.2) is 0 Å². The molecule has 11 heavy (non-hydrogen) atoms. The van der Waals surface area contributed by atoms with Crippen molar-refractivity contribution in [1.29, 1.82) is 0 Å². The highest BCUT2D eigenvalue weighted by Gasteiger charge is 2.09. The zero-order chi connectivity index (χ0) is 7.68. The van der Waals surface area contributed by atoms with Crippen molar-refractivity contribution in [2.45, 2.75) is 0 Å². The second kappa shape index (κ2) is 2.20. The van der Waals surface area contributed by atoms with Gasteiger partial charge in [0.15, 0.2) is 11.5 Å². The van der Waals surface area contributed by atoms with Crippen LogP contribution in [-0.2, 0) is 0 Å². The molecule has 56 valence electrons. The van der Waals surface area contributed by atoms with Gasteiger partial charge in [-0.25, -0.2) is 0 Å². The third kappa shape index (κ3) is 0.902. The molecule has 1 aliphatic heterocycles. The number of anilines is 1. The van der Waals surface area contributed by atoms with Gasteiger partial charge in [-0.05, 0) is 12.1 Å². The second-order valence-electron chi connectivity index (χ2n) is 2.18. The van der Waals surface area contributed by atoms with Gasteiger partial charge in [0.2, 0.25) is 0 Å². The van der Waals surface area contributed by atoms with E-state index in [0.717, 1.165) is 0 Å². The Morgan fingerprint density at radius 1 is 1.09 bits per heavy atom. The molecule has 1 aliphatic rings. The molecule has 3 heteroatoms. The van der Waals surface area contributed by atoms with Gasteiger partial charge in [-0.15, -0.1) is 0 Å². The third-order valence-electron chi connectivity index (χ3n) is 1.45. The molecule has 0 amide bonds. The average molecular weight is 149 g/mol. The highest BCUT2D eigenvalue weighted by Crippen LogP contribution is 2.35. The highest BCUT2D eigenvalue weighted by atomic mass is 16.5. The molecule has 3 nitrogen and oxygen atoms in total. The first-order chi connectivity index (χ1) is 5.38. The first-order valence-corrected chi connectivity index (χ1v) is 3.25. The van der Waals surface area contributed by atoms with E-state index in [2.05, 4.69) is 0 Å². The summed E-state index contributed by atoms with van der Waals surface area (Å²) < 4.78 is 10.2. The Morgan fingerprint density at radius 3 is 2.73 bits per heavy atom. The van der Waals surface area contributed by atoms with Crippen LogP contribution in [0.4, 0.5) is 5.69 Å². The predicted molar refractivity (Wildman–Crippen MR) is 41.3 cm³/mol. The van der Waals surface area contributed by atoms with E-state index >= 15 is 0 Å². The fourth-order valence-corrected chi connectivity index (χ4v) is 0.949. The fourth-order valence-electron chi connectivity index (χ4n) is 0.949. The van der Waals surface area contributed by atoms with Gasteiger partial charge < -0.3 is 15.2 Å². The minimum absolute atomic E-state index is 0.590. The quantitative estimate of drug-likeness (QED) is 0.568. The SMILES string of the molecule is Nc1cccc2c1OC=CO2. The van der Waals surface area contributed by atoms with Crippen LogP contribution in [0.25, 0.3) is 0 Å². The van der Waals surface area contributed by atoms with Crippen molar-refractivity contribution in [2.75, 3.05) is 5.73 Å². The van der Waals surface area contributed by atoms with Crippen LogP contribution in [0.2, 0.25) is 0 Å². The first kappa shape index (κ1) is 6.09. The number of benzene rings is 1. The summed E-state index contributed by atoms with van der Waals surface area (Å²) in [4.78, 5) is 0. The van der Waals surface area contributed by atoms with Gasteiger partial charge in [-0.1, -0.05) is 6.07 Å². The van der Waals surface area contributed by atoms with Crippen molar-refractivity contribution in [3.63, 3.8) is 0 Å². The molecule has 0 spiro atoms. The van der Waals surface area contributed by atoms with Crippen molar-refractivity contribution < 1.29 is 9.47 Å². The summed E-state index contributed by atoms with van der Waals surface area (Å²) in [7, 11) is 0. The number of nitrogens with two attached hydrogens (primary N) is 1. The standard InChI is InChI=1S/C8H7NO2/c9-6-2-1-3-7-8(6)11-5-4-10-7/h1-5H,9H2. The summed E-state index contributed by atoms with van der Waals surface area (Å²) >= 11 is 0. The Balaban J connectivity index is 2.54. The van der Waals surface area contributed by atoms with Crippen LogP contribution < -0.4 is 15.2 Å². The van der Waals surface area contributed by atoms with E-state index in [1.807, 2.05) is 6.07 Å². The monoisotopic (exact) mass is 149 g/mol. The Kier molecular flexibility index (Phi) is 1.22. The molecule has 0 radical (unpaired) electrons. The molecule has 0 saturated heterocycles.